The van der Waals surface area contributed by atoms with Crippen molar-refractivity contribution in [3.63, 3.8) is 0 Å². The van der Waals surface area contributed by atoms with Crippen molar-refractivity contribution in [3.8, 4) is 17.4 Å². The molecule has 5 rings (SSSR count). The molecule has 1 aromatic heterocycles. The number of amides is 4. The zero-order chi connectivity index (χ0) is 38.4. The maximum Gasteiger partial charge on any atom is 0.408 e. The number of hydrogen-bond acceptors (Lipinski definition) is 11. The Kier molecular flexibility index (Phi) is 10.5. The number of aromatic nitrogens is 1. The number of carbonyl (C=O) groups excluding carboxylic acids is 4. The van der Waals surface area contributed by atoms with Crippen LogP contribution in [0.3, 0.4) is 0 Å². The minimum absolute atomic E-state index is 0.0109. The van der Waals surface area contributed by atoms with E-state index in [0.29, 0.717) is 35.1 Å². The van der Waals surface area contributed by atoms with Crippen LogP contribution in [-0.2, 0) is 29.1 Å². The molecule has 0 radical (unpaired) electrons. The molecule has 2 heterocycles. The maximum absolute atomic E-state index is 14.5. The molecule has 52 heavy (non-hydrogen) atoms. The molecule has 1 aromatic carbocycles. The van der Waals surface area contributed by atoms with E-state index < -0.39 is 79.7 Å². The second kappa shape index (κ2) is 14.1. The van der Waals surface area contributed by atoms with Gasteiger partial charge >= 0.3 is 6.09 Å². The van der Waals surface area contributed by atoms with Gasteiger partial charge < -0.3 is 34.5 Å². The second-order valence-corrected chi connectivity index (χ2v) is 17.6. The summed E-state index contributed by atoms with van der Waals surface area (Å²) >= 11 is 0. The fourth-order valence-corrected chi connectivity index (χ4v) is 7.80. The summed E-state index contributed by atoms with van der Waals surface area (Å²) in [6.07, 6.45) is 2.48. The molecule has 0 bridgehead atoms. The number of likely N-dealkylation sites (tertiary alicyclic amines) is 1. The van der Waals surface area contributed by atoms with Gasteiger partial charge in [0.1, 0.15) is 29.3 Å². The lowest BCUT2D eigenvalue weighted by Crippen LogP contribution is -2.60. The number of sulfonamides is 1. The molecule has 2 aromatic rings. The summed E-state index contributed by atoms with van der Waals surface area (Å²) < 4.78 is 50.4. The minimum atomic E-state index is -3.91. The van der Waals surface area contributed by atoms with Gasteiger partial charge in [-0.1, -0.05) is 26.8 Å². The lowest BCUT2D eigenvalue weighted by atomic mass is 9.85. The topological polar surface area (TPSA) is 192 Å². The van der Waals surface area contributed by atoms with Gasteiger partial charge in [0.2, 0.25) is 27.7 Å². The van der Waals surface area contributed by atoms with Gasteiger partial charge in [-0.25, -0.2) is 18.2 Å². The number of ether oxygens (including phenoxy) is 4. The van der Waals surface area contributed by atoms with Crippen molar-refractivity contribution in [1.82, 2.24) is 25.2 Å². The highest BCUT2D eigenvalue weighted by Gasteiger charge is 2.62. The van der Waals surface area contributed by atoms with Crippen LogP contribution in [0.4, 0.5) is 4.79 Å². The van der Waals surface area contributed by atoms with Crippen LogP contribution in [0.1, 0.15) is 67.2 Å². The molecule has 1 aliphatic heterocycles. The number of methoxy groups -OCH3 is 2. The first-order valence-electron chi connectivity index (χ1n) is 17.2. The van der Waals surface area contributed by atoms with Crippen molar-refractivity contribution >= 4 is 44.6 Å². The van der Waals surface area contributed by atoms with Crippen molar-refractivity contribution < 1.29 is 46.5 Å². The highest BCUT2D eigenvalue weighted by atomic mass is 32.2. The minimum Gasteiger partial charge on any atom is -0.493 e. The zero-order valence-corrected chi connectivity index (χ0v) is 31.7. The number of rotatable bonds is 12. The van der Waals surface area contributed by atoms with Crippen molar-refractivity contribution in [2.24, 2.45) is 11.3 Å². The first-order chi connectivity index (χ1) is 24.2. The predicted octanol–water partition coefficient (Wildman–Crippen LogP) is 3.21. The first kappa shape index (κ1) is 38.6. The van der Waals surface area contributed by atoms with Gasteiger partial charge in [-0.05, 0) is 63.6 Å². The Bertz CT molecular complexity index is 1870. The van der Waals surface area contributed by atoms with Gasteiger partial charge in [-0.15, -0.1) is 6.58 Å². The van der Waals surface area contributed by atoms with Crippen LogP contribution >= 0.6 is 0 Å². The predicted molar refractivity (Wildman–Crippen MR) is 191 cm³/mol. The number of nitrogens with one attached hydrogen (secondary N) is 3. The fraction of sp³-hybridized carbons (Fsp3) is 0.583. The zero-order valence-electron chi connectivity index (χ0n) is 30.9. The van der Waals surface area contributed by atoms with E-state index in [9.17, 15) is 27.6 Å². The number of fused-ring (bicyclic) bond motifs is 1. The number of pyridine rings is 1. The van der Waals surface area contributed by atoms with Crippen molar-refractivity contribution in [1.29, 1.82) is 0 Å². The molecule has 2 aliphatic carbocycles. The summed E-state index contributed by atoms with van der Waals surface area (Å²) in [4.78, 5) is 60.9. The average Bonchev–Trinajstić information content (AvgIpc) is 3.98. The third kappa shape index (κ3) is 8.06. The fourth-order valence-electron chi connectivity index (χ4n) is 6.44. The van der Waals surface area contributed by atoms with Crippen LogP contribution in [0.2, 0.25) is 0 Å². The Labute approximate surface area is 304 Å². The lowest BCUT2D eigenvalue weighted by Gasteiger charge is -2.36. The molecule has 16 heteroatoms. The monoisotopic (exact) mass is 743 g/mol. The summed E-state index contributed by atoms with van der Waals surface area (Å²) in [5.41, 5.74) is -3.24. The maximum atomic E-state index is 14.5. The Morgan fingerprint density at radius 2 is 1.73 bits per heavy atom. The van der Waals surface area contributed by atoms with E-state index in [1.807, 2.05) is 0 Å². The molecule has 15 nitrogen and oxygen atoms in total. The normalized spacial score (nSPS) is 23.6. The van der Waals surface area contributed by atoms with Crippen LogP contribution < -0.4 is 29.6 Å². The van der Waals surface area contributed by atoms with Gasteiger partial charge in [0.15, 0.2) is 11.5 Å². The molecule has 4 amide bonds. The van der Waals surface area contributed by atoms with Gasteiger partial charge in [0, 0.05) is 29.3 Å². The summed E-state index contributed by atoms with van der Waals surface area (Å²) in [5.74, 6) is -1.45. The van der Waals surface area contributed by atoms with Crippen LogP contribution in [-0.4, -0.2) is 97.5 Å². The highest BCUT2D eigenvalue weighted by Crippen LogP contribution is 2.46. The molecule has 2 saturated carbocycles. The van der Waals surface area contributed by atoms with E-state index in [2.05, 4.69) is 26.9 Å². The lowest BCUT2D eigenvalue weighted by molar-refractivity contribution is -0.143. The summed E-state index contributed by atoms with van der Waals surface area (Å²) in [5, 5.41) is 6.08. The molecule has 0 spiro atoms. The number of hydrogen-bond donors (Lipinski definition) is 3. The molecular formula is C36H49N5O10S. The third-order valence-electron chi connectivity index (χ3n) is 9.40. The molecular weight excluding hydrogens is 694 g/mol. The average molecular weight is 744 g/mol. The van der Waals surface area contributed by atoms with E-state index in [1.165, 1.54) is 25.2 Å². The van der Waals surface area contributed by atoms with E-state index in [0.717, 1.165) is 0 Å². The molecule has 3 N–H and O–H groups in total. The quantitative estimate of drug-likeness (QED) is 0.271. The number of carbonyl (C=O) groups is 4. The van der Waals surface area contributed by atoms with Crippen LogP contribution in [0.5, 0.6) is 17.4 Å². The van der Waals surface area contributed by atoms with E-state index in [-0.39, 0.29) is 25.3 Å². The van der Waals surface area contributed by atoms with Crippen molar-refractivity contribution in [2.45, 2.75) is 102 Å². The Morgan fingerprint density at radius 3 is 2.29 bits per heavy atom. The third-order valence-corrected chi connectivity index (χ3v) is 11.2. The number of nitrogens with zero attached hydrogens (tertiary/aromatic N) is 2. The smallest absolute Gasteiger partial charge is 0.408 e. The van der Waals surface area contributed by atoms with Gasteiger partial charge in [0.25, 0.3) is 5.91 Å². The number of benzene rings is 1. The molecule has 5 atom stereocenters. The van der Waals surface area contributed by atoms with Crippen LogP contribution in [0, 0.1) is 11.3 Å². The molecule has 1 saturated heterocycles. The van der Waals surface area contributed by atoms with Gasteiger partial charge in [0.05, 0.1) is 26.0 Å². The summed E-state index contributed by atoms with van der Waals surface area (Å²) in [7, 11) is -0.864. The van der Waals surface area contributed by atoms with Crippen LogP contribution in [0.15, 0.2) is 37.1 Å². The second-order valence-electron chi connectivity index (χ2n) is 15.6. The molecule has 0 unspecified atom stereocenters. The standard InChI is InChI=1S/C36H49N5O10S/c1-10-20-18-36(20,32(44)40-52(46,47)22-11-12-22)39-29(42)25-17-21(50-30-24-13-14-26(48-8)27(49-9)23(24)15-16-37-30)19-41(25)31(43)28(34(2,3)4)38-33(45)51-35(5,6)7/h10,13-16,20-22,25,28H,1,11-12,17-19H2,2-9H3,(H,38,45)(H,39,42)(H,40,44)/t20-,21-,25+,28-,36-/m1/s1. The Morgan fingerprint density at radius 1 is 1.04 bits per heavy atom. The van der Waals surface area contributed by atoms with Crippen molar-refractivity contribution in [2.75, 3.05) is 20.8 Å². The molecule has 3 aliphatic rings. The number of alkyl carbamates (subject to hydrolysis) is 1. The Hall–Kier alpha value is -4.60. The van der Waals surface area contributed by atoms with Crippen LogP contribution in [0.25, 0.3) is 10.8 Å². The van der Waals surface area contributed by atoms with Crippen molar-refractivity contribution in [3.05, 3.63) is 37.1 Å². The first-order valence-corrected chi connectivity index (χ1v) is 18.8. The largest absolute Gasteiger partial charge is 0.493 e. The molecule has 284 valence electrons. The van der Waals surface area contributed by atoms with Gasteiger partial charge in [-0.3, -0.25) is 19.1 Å². The Balaban J connectivity index is 1.47. The molecule has 3 fully saturated rings. The van der Waals surface area contributed by atoms with E-state index >= 15 is 0 Å². The SMILES string of the molecule is C=C[C@@H]1C[C@]1(NC(=O)[C@@H]1C[C@@H](Oc2nccc3c(OC)c(OC)ccc23)CN1C(=O)[C@@H](NC(=O)OC(C)(C)C)C(C)(C)C)C(=O)NS(=O)(=O)C1CC1. The highest BCUT2D eigenvalue weighted by molar-refractivity contribution is 7.91. The van der Waals surface area contributed by atoms with E-state index in [4.69, 9.17) is 18.9 Å². The summed E-state index contributed by atoms with van der Waals surface area (Å²) in [6, 6.07) is 2.92. The van der Waals surface area contributed by atoms with E-state index in [1.54, 1.807) is 65.9 Å². The van der Waals surface area contributed by atoms with Gasteiger partial charge in [-0.2, -0.15) is 0 Å². The summed E-state index contributed by atoms with van der Waals surface area (Å²) in [6.45, 7) is 14.1.